The number of likely N-dealkylation sites (tertiary alicyclic amines) is 1. The van der Waals surface area contributed by atoms with Crippen LogP contribution in [0.25, 0.3) is 0 Å². The Morgan fingerprint density at radius 2 is 2.06 bits per heavy atom. The normalized spacial score (nSPS) is 21.8. The quantitative estimate of drug-likeness (QED) is 0.641. The first-order valence-electron chi connectivity index (χ1n) is 5.93. The number of rotatable bonds is 1. The van der Waals surface area contributed by atoms with Gasteiger partial charge in [-0.2, -0.15) is 0 Å². The standard InChI is InChI=1S/C13H23NO2/c1-10(2)11-7-6-8-14(9-11)12(15)16-13(3,4)5/h11H,1,6-9H2,2-5H3/t11-/m1/s1. The Bertz CT molecular complexity index is 278. The van der Waals surface area contributed by atoms with Crippen molar-refractivity contribution in [2.24, 2.45) is 5.92 Å². The summed E-state index contributed by atoms with van der Waals surface area (Å²) in [7, 11) is 0. The lowest BCUT2D eigenvalue weighted by Gasteiger charge is -2.34. The molecule has 0 aromatic heterocycles. The van der Waals surface area contributed by atoms with Crippen LogP contribution in [-0.2, 0) is 4.74 Å². The molecule has 1 amide bonds. The van der Waals surface area contributed by atoms with Crippen molar-refractivity contribution in [2.45, 2.75) is 46.1 Å². The molecule has 0 bridgehead atoms. The molecule has 3 heteroatoms. The van der Waals surface area contributed by atoms with Crippen molar-refractivity contribution in [1.29, 1.82) is 0 Å². The van der Waals surface area contributed by atoms with Crippen molar-refractivity contribution >= 4 is 6.09 Å². The second kappa shape index (κ2) is 4.89. The van der Waals surface area contributed by atoms with Gasteiger partial charge in [-0.1, -0.05) is 12.2 Å². The molecule has 1 fully saturated rings. The van der Waals surface area contributed by atoms with E-state index in [0.717, 1.165) is 31.5 Å². The van der Waals surface area contributed by atoms with E-state index in [-0.39, 0.29) is 6.09 Å². The maximum absolute atomic E-state index is 11.9. The van der Waals surface area contributed by atoms with Crippen LogP contribution < -0.4 is 0 Å². The van der Waals surface area contributed by atoms with Gasteiger partial charge in [0.2, 0.25) is 0 Å². The summed E-state index contributed by atoms with van der Waals surface area (Å²) in [6.45, 7) is 13.2. The molecule has 0 aliphatic carbocycles. The third kappa shape index (κ3) is 3.87. The Morgan fingerprint density at radius 1 is 1.44 bits per heavy atom. The average Bonchev–Trinajstić information content (AvgIpc) is 2.15. The van der Waals surface area contributed by atoms with Gasteiger partial charge >= 0.3 is 6.09 Å². The topological polar surface area (TPSA) is 29.5 Å². The highest BCUT2D eigenvalue weighted by molar-refractivity contribution is 5.68. The van der Waals surface area contributed by atoms with Gasteiger partial charge in [-0.25, -0.2) is 4.79 Å². The Labute approximate surface area is 98.5 Å². The summed E-state index contributed by atoms with van der Waals surface area (Å²) in [6.07, 6.45) is 1.98. The van der Waals surface area contributed by atoms with E-state index in [1.165, 1.54) is 0 Å². The average molecular weight is 225 g/mol. The van der Waals surface area contributed by atoms with Gasteiger partial charge in [0.1, 0.15) is 5.60 Å². The summed E-state index contributed by atoms with van der Waals surface area (Å²) in [6, 6.07) is 0. The molecule has 1 aliphatic rings. The lowest BCUT2D eigenvalue weighted by atomic mass is 9.92. The first-order chi connectivity index (χ1) is 7.29. The van der Waals surface area contributed by atoms with Crippen molar-refractivity contribution in [1.82, 2.24) is 4.90 Å². The zero-order valence-corrected chi connectivity index (χ0v) is 10.9. The Balaban J connectivity index is 2.54. The minimum atomic E-state index is -0.409. The monoisotopic (exact) mass is 225 g/mol. The van der Waals surface area contributed by atoms with E-state index < -0.39 is 5.60 Å². The number of carbonyl (C=O) groups excluding carboxylic acids is 1. The highest BCUT2D eigenvalue weighted by Gasteiger charge is 2.27. The summed E-state index contributed by atoms with van der Waals surface area (Å²) < 4.78 is 5.36. The maximum atomic E-state index is 11.9. The van der Waals surface area contributed by atoms with Crippen molar-refractivity contribution in [3.8, 4) is 0 Å². The van der Waals surface area contributed by atoms with Gasteiger partial charge in [0.25, 0.3) is 0 Å². The first kappa shape index (κ1) is 13.1. The maximum Gasteiger partial charge on any atom is 0.410 e. The molecule has 3 nitrogen and oxygen atoms in total. The zero-order valence-electron chi connectivity index (χ0n) is 10.9. The summed E-state index contributed by atoms with van der Waals surface area (Å²) >= 11 is 0. The molecule has 1 rings (SSSR count). The predicted octanol–water partition coefficient (Wildman–Crippen LogP) is 3.21. The number of amides is 1. The summed E-state index contributed by atoms with van der Waals surface area (Å²) in [5.41, 5.74) is 0.751. The van der Waals surface area contributed by atoms with Gasteiger partial charge in [-0.3, -0.25) is 0 Å². The molecule has 0 N–H and O–H groups in total. The van der Waals surface area contributed by atoms with Crippen molar-refractivity contribution in [2.75, 3.05) is 13.1 Å². The molecule has 1 saturated heterocycles. The third-order valence-corrected chi connectivity index (χ3v) is 2.77. The van der Waals surface area contributed by atoms with Crippen molar-refractivity contribution in [3.63, 3.8) is 0 Å². The van der Waals surface area contributed by atoms with Crippen LogP contribution in [-0.4, -0.2) is 29.7 Å². The van der Waals surface area contributed by atoms with E-state index in [2.05, 4.69) is 6.58 Å². The number of nitrogens with zero attached hydrogens (tertiary/aromatic N) is 1. The highest BCUT2D eigenvalue weighted by atomic mass is 16.6. The first-order valence-corrected chi connectivity index (χ1v) is 5.93. The van der Waals surface area contributed by atoms with Crippen LogP contribution in [0.5, 0.6) is 0 Å². The molecule has 0 aromatic rings. The van der Waals surface area contributed by atoms with Crippen LogP contribution in [0.15, 0.2) is 12.2 Å². The van der Waals surface area contributed by atoms with Crippen LogP contribution in [0.2, 0.25) is 0 Å². The SMILES string of the molecule is C=C(C)[C@@H]1CCCN(C(=O)OC(C)(C)C)C1. The number of carbonyl (C=O) groups is 1. The van der Waals surface area contributed by atoms with E-state index >= 15 is 0 Å². The minimum Gasteiger partial charge on any atom is -0.444 e. The Hall–Kier alpha value is -0.990. The lowest BCUT2D eigenvalue weighted by molar-refractivity contribution is 0.0183. The fraction of sp³-hybridized carbons (Fsp3) is 0.769. The lowest BCUT2D eigenvalue weighted by Crippen LogP contribution is -2.43. The van der Waals surface area contributed by atoms with E-state index in [4.69, 9.17) is 4.74 Å². The molecule has 0 saturated carbocycles. The Morgan fingerprint density at radius 3 is 2.56 bits per heavy atom. The fourth-order valence-electron chi connectivity index (χ4n) is 1.87. The van der Waals surface area contributed by atoms with E-state index in [1.807, 2.05) is 27.7 Å². The summed E-state index contributed by atoms with van der Waals surface area (Å²) in [4.78, 5) is 13.7. The highest BCUT2D eigenvalue weighted by Crippen LogP contribution is 2.23. The number of hydrogen-bond donors (Lipinski definition) is 0. The van der Waals surface area contributed by atoms with Gasteiger partial charge < -0.3 is 9.64 Å². The van der Waals surface area contributed by atoms with Gasteiger partial charge in [0, 0.05) is 13.1 Å². The Kier molecular flexibility index (Phi) is 4.00. The minimum absolute atomic E-state index is 0.196. The molecule has 0 spiro atoms. The van der Waals surface area contributed by atoms with Crippen molar-refractivity contribution in [3.05, 3.63) is 12.2 Å². The molecule has 0 unspecified atom stereocenters. The predicted molar refractivity (Wildman–Crippen MR) is 65.3 cm³/mol. The van der Waals surface area contributed by atoms with E-state index in [9.17, 15) is 4.79 Å². The second-order valence-electron chi connectivity index (χ2n) is 5.61. The van der Waals surface area contributed by atoms with Crippen LogP contribution >= 0.6 is 0 Å². The molecular formula is C13H23NO2. The molecule has 92 valence electrons. The van der Waals surface area contributed by atoms with Gasteiger partial charge in [-0.15, -0.1) is 0 Å². The summed E-state index contributed by atoms with van der Waals surface area (Å²) in [5.74, 6) is 0.432. The van der Waals surface area contributed by atoms with Gasteiger partial charge in [0.05, 0.1) is 0 Å². The van der Waals surface area contributed by atoms with Gasteiger partial charge in [-0.05, 0) is 46.5 Å². The zero-order chi connectivity index (χ0) is 12.3. The smallest absolute Gasteiger partial charge is 0.410 e. The number of ether oxygens (including phenoxy) is 1. The summed E-state index contributed by atoms with van der Waals surface area (Å²) in [5, 5.41) is 0. The molecule has 0 radical (unpaired) electrons. The molecule has 0 aromatic carbocycles. The molecule has 1 atom stereocenters. The number of piperidine rings is 1. The second-order valence-corrected chi connectivity index (χ2v) is 5.61. The molecule has 1 heterocycles. The van der Waals surface area contributed by atoms with Gasteiger partial charge in [0.15, 0.2) is 0 Å². The van der Waals surface area contributed by atoms with Crippen LogP contribution in [0.1, 0.15) is 40.5 Å². The molecular weight excluding hydrogens is 202 g/mol. The largest absolute Gasteiger partial charge is 0.444 e. The van der Waals surface area contributed by atoms with Crippen molar-refractivity contribution < 1.29 is 9.53 Å². The number of hydrogen-bond acceptors (Lipinski definition) is 2. The third-order valence-electron chi connectivity index (χ3n) is 2.77. The molecule has 16 heavy (non-hydrogen) atoms. The van der Waals surface area contributed by atoms with Crippen LogP contribution in [0.3, 0.4) is 0 Å². The molecule has 1 aliphatic heterocycles. The fourth-order valence-corrected chi connectivity index (χ4v) is 1.87. The van der Waals surface area contributed by atoms with E-state index in [1.54, 1.807) is 4.90 Å². The van der Waals surface area contributed by atoms with Crippen LogP contribution in [0.4, 0.5) is 4.79 Å². The van der Waals surface area contributed by atoms with Crippen LogP contribution in [0, 0.1) is 5.92 Å². The van der Waals surface area contributed by atoms with E-state index in [0.29, 0.717) is 5.92 Å².